The highest BCUT2D eigenvalue weighted by molar-refractivity contribution is 6.36. The van der Waals surface area contributed by atoms with Crippen molar-refractivity contribution in [1.29, 1.82) is 0 Å². The molecule has 0 spiro atoms. The number of benzene rings is 3. The third kappa shape index (κ3) is 8.22. The smallest absolute Gasteiger partial charge is 0.418 e. The number of carbonyl (C=O) groups is 1. The molecule has 3 aromatic carbocycles. The number of ether oxygens (including phenoxy) is 3. The maximum Gasteiger partial charge on any atom is 0.418 e. The third-order valence-electron chi connectivity index (χ3n) is 9.81. The number of aromatic nitrogens is 4. The number of hydrogen-bond acceptors (Lipinski definition) is 10. The first kappa shape index (κ1) is 39.1. The SMILES string of the molecule is COc1ccc(CN(Cc2ccc(OC)cc2)c2cc(C)c(C(F)(F)F)c(-c3cc4ncnc5c4c(c3Cl)OCCN5C(C)c3cncc(NC(C)=O)c3)n2)cc1. The van der Waals surface area contributed by atoms with E-state index in [0.29, 0.717) is 59.4 Å². The van der Waals surface area contributed by atoms with Gasteiger partial charge in [-0.2, -0.15) is 13.2 Å². The molecule has 11 nitrogen and oxygen atoms in total. The molecular formula is C42H39ClF3N7O4. The van der Waals surface area contributed by atoms with E-state index in [9.17, 15) is 4.79 Å². The molecule has 0 bridgehead atoms. The van der Waals surface area contributed by atoms with Crippen molar-refractivity contribution in [2.24, 2.45) is 0 Å². The molecule has 0 aliphatic carbocycles. The highest BCUT2D eigenvalue weighted by Gasteiger charge is 2.39. The third-order valence-corrected chi connectivity index (χ3v) is 10.2. The number of methoxy groups -OCH3 is 2. The number of rotatable bonds is 11. The van der Waals surface area contributed by atoms with Crippen molar-refractivity contribution >= 4 is 45.7 Å². The maximum atomic E-state index is 15.1. The van der Waals surface area contributed by atoms with Crippen LogP contribution in [0.5, 0.6) is 17.2 Å². The van der Waals surface area contributed by atoms with Gasteiger partial charge in [-0.1, -0.05) is 35.9 Å². The van der Waals surface area contributed by atoms with Crippen LogP contribution in [0, 0.1) is 6.92 Å². The molecule has 294 valence electrons. The predicted octanol–water partition coefficient (Wildman–Crippen LogP) is 9.21. The van der Waals surface area contributed by atoms with Gasteiger partial charge >= 0.3 is 6.18 Å². The average molecular weight is 798 g/mol. The molecule has 1 atom stereocenters. The van der Waals surface area contributed by atoms with Crippen LogP contribution >= 0.6 is 11.6 Å². The maximum absolute atomic E-state index is 15.1. The van der Waals surface area contributed by atoms with Gasteiger partial charge in [-0.05, 0) is 78.6 Å². The predicted molar refractivity (Wildman–Crippen MR) is 213 cm³/mol. The minimum absolute atomic E-state index is 0.0173. The number of pyridine rings is 2. The van der Waals surface area contributed by atoms with E-state index in [2.05, 4.69) is 20.3 Å². The van der Waals surface area contributed by atoms with Crippen molar-refractivity contribution < 1.29 is 32.2 Å². The van der Waals surface area contributed by atoms with Gasteiger partial charge in [-0.15, -0.1) is 0 Å². The number of halogens is 4. The highest BCUT2D eigenvalue weighted by Crippen LogP contribution is 2.49. The molecule has 1 amide bonds. The van der Waals surface area contributed by atoms with E-state index in [4.69, 9.17) is 30.8 Å². The van der Waals surface area contributed by atoms with Gasteiger partial charge in [-0.25, -0.2) is 15.0 Å². The number of amides is 1. The Labute approximate surface area is 332 Å². The van der Waals surface area contributed by atoms with Crippen molar-refractivity contribution in [2.45, 2.75) is 46.1 Å². The highest BCUT2D eigenvalue weighted by atomic mass is 35.5. The molecule has 1 aliphatic rings. The molecular weight excluding hydrogens is 759 g/mol. The molecule has 1 N–H and O–H groups in total. The first-order chi connectivity index (χ1) is 27.3. The van der Waals surface area contributed by atoms with E-state index >= 15 is 13.2 Å². The summed E-state index contributed by atoms with van der Waals surface area (Å²) in [6, 6.07) is 19.4. The van der Waals surface area contributed by atoms with E-state index in [1.54, 1.807) is 26.6 Å². The van der Waals surface area contributed by atoms with E-state index in [1.807, 2.05) is 71.3 Å². The van der Waals surface area contributed by atoms with Crippen LogP contribution in [0.2, 0.25) is 5.02 Å². The molecule has 4 heterocycles. The molecule has 0 radical (unpaired) electrons. The fourth-order valence-electron chi connectivity index (χ4n) is 7.03. The summed E-state index contributed by atoms with van der Waals surface area (Å²) in [5.74, 6) is 2.08. The molecule has 0 saturated heterocycles. The van der Waals surface area contributed by atoms with Crippen molar-refractivity contribution in [2.75, 3.05) is 42.5 Å². The minimum Gasteiger partial charge on any atom is -0.497 e. The van der Waals surface area contributed by atoms with Crippen LogP contribution in [0.4, 0.5) is 30.5 Å². The second-order valence-corrected chi connectivity index (χ2v) is 14.0. The molecule has 7 rings (SSSR count). The summed E-state index contributed by atoms with van der Waals surface area (Å²) in [6.45, 7) is 5.92. The summed E-state index contributed by atoms with van der Waals surface area (Å²) in [5, 5.41) is 3.16. The standard InChI is InChI=1S/C42H39ClF3N7O4/c1-24-16-35(52(21-27-6-10-31(55-4)11-7-27)22-28-8-12-32(56-5)13-9-28)51-39(37(24)42(44,45)46)33-18-34-36-40(38(33)43)57-15-14-53(41(36)49-23-48-34)25(2)29-17-30(20-47-19-29)50-26(3)54/h6-13,16-20,23,25H,14-15,21-22H2,1-5H3,(H,50,54). The fourth-order valence-corrected chi connectivity index (χ4v) is 7.32. The molecule has 1 unspecified atom stereocenters. The Bertz CT molecular complexity index is 2380. The molecule has 57 heavy (non-hydrogen) atoms. The molecule has 0 saturated carbocycles. The van der Waals surface area contributed by atoms with E-state index in [1.165, 1.54) is 32.3 Å². The average Bonchev–Trinajstić information content (AvgIpc) is 3.39. The monoisotopic (exact) mass is 797 g/mol. The molecule has 1 aliphatic heterocycles. The number of alkyl halides is 3. The number of aryl methyl sites for hydroxylation is 1. The molecule has 3 aromatic heterocycles. The van der Waals surface area contributed by atoms with E-state index in [-0.39, 0.29) is 46.1 Å². The summed E-state index contributed by atoms with van der Waals surface area (Å²) >= 11 is 7.14. The van der Waals surface area contributed by atoms with Crippen LogP contribution in [0.25, 0.3) is 22.2 Å². The Morgan fingerprint density at radius 3 is 2.23 bits per heavy atom. The van der Waals surface area contributed by atoms with Crippen LogP contribution in [0.1, 0.15) is 47.7 Å². The Balaban J connectivity index is 1.36. The molecule has 6 aromatic rings. The summed E-state index contributed by atoms with van der Waals surface area (Å²) in [7, 11) is 3.16. The lowest BCUT2D eigenvalue weighted by atomic mass is 9.98. The van der Waals surface area contributed by atoms with Gasteiger partial charge in [-0.3, -0.25) is 9.78 Å². The topological polar surface area (TPSA) is 115 Å². The number of anilines is 3. The van der Waals surface area contributed by atoms with E-state index < -0.39 is 11.7 Å². The number of nitrogens with zero attached hydrogens (tertiary/aromatic N) is 6. The Morgan fingerprint density at radius 2 is 1.63 bits per heavy atom. The largest absolute Gasteiger partial charge is 0.497 e. The van der Waals surface area contributed by atoms with Crippen molar-refractivity contribution in [3.05, 3.63) is 118 Å². The molecule has 15 heteroatoms. The normalized spacial score (nSPS) is 13.1. The van der Waals surface area contributed by atoms with Crippen molar-refractivity contribution in [3.8, 4) is 28.5 Å². The van der Waals surface area contributed by atoms with E-state index in [0.717, 1.165) is 16.7 Å². The van der Waals surface area contributed by atoms with Crippen LogP contribution in [0.15, 0.2) is 85.5 Å². The lowest BCUT2D eigenvalue weighted by Gasteiger charge is -2.29. The zero-order valence-corrected chi connectivity index (χ0v) is 32.6. The van der Waals surface area contributed by atoms with Gasteiger partial charge in [0.1, 0.15) is 36.1 Å². The quantitative estimate of drug-likeness (QED) is 0.136. The van der Waals surface area contributed by atoms with Crippen LogP contribution in [0.3, 0.4) is 0 Å². The van der Waals surface area contributed by atoms with Crippen molar-refractivity contribution in [3.63, 3.8) is 0 Å². The van der Waals surface area contributed by atoms with Gasteiger partial charge in [0.25, 0.3) is 0 Å². The zero-order chi connectivity index (χ0) is 40.4. The molecule has 0 fully saturated rings. The lowest BCUT2D eigenvalue weighted by molar-refractivity contribution is -0.137. The zero-order valence-electron chi connectivity index (χ0n) is 31.8. The second-order valence-electron chi connectivity index (χ2n) is 13.6. The van der Waals surface area contributed by atoms with Gasteiger partial charge in [0.05, 0.1) is 65.9 Å². The van der Waals surface area contributed by atoms with Gasteiger partial charge in [0, 0.05) is 31.8 Å². The lowest BCUT2D eigenvalue weighted by Crippen LogP contribution is -2.31. The van der Waals surface area contributed by atoms with Crippen LogP contribution in [-0.2, 0) is 24.1 Å². The van der Waals surface area contributed by atoms with Gasteiger partial charge in [0.15, 0.2) is 5.75 Å². The minimum atomic E-state index is -4.78. The van der Waals surface area contributed by atoms with Crippen LogP contribution in [-0.4, -0.2) is 53.2 Å². The van der Waals surface area contributed by atoms with Gasteiger partial charge in [0.2, 0.25) is 5.91 Å². The Morgan fingerprint density at radius 1 is 0.982 bits per heavy atom. The number of nitrogens with one attached hydrogen (secondary N) is 1. The summed E-state index contributed by atoms with van der Waals surface area (Å²) in [5.41, 5.74) is 2.15. The number of hydrogen-bond donors (Lipinski definition) is 1. The second kappa shape index (κ2) is 16.1. The number of carbonyl (C=O) groups excluding carboxylic acids is 1. The summed E-state index contributed by atoms with van der Waals surface area (Å²) in [6.07, 6.45) is -0.164. The summed E-state index contributed by atoms with van der Waals surface area (Å²) in [4.78, 5) is 33.8. The van der Waals surface area contributed by atoms with Crippen LogP contribution < -0.4 is 29.3 Å². The Hall–Kier alpha value is -6.15. The Kier molecular flexibility index (Phi) is 11.1. The summed E-state index contributed by atoms with van der Waals surface area (Å²) < 4.78 is 62.3. The fraction of sp³-hybridized carbons (Fsp3) is 0.262. The van der Waals surface area contributed by atoms with Crippen molar-refractivity contribution in [1.82, 2.24) is 19.9 Å². The first-order valence-electron chi connectivity index (χ1n) is 18.0. The van der Waals surface area contributed by atoms with Gasteiger partial charge < -0.3 is 29.3 Å². The first-order valence-corrected chi connectivity index (χ1v) is 18.4.